The average Bonchev–Trinajstić information content (AvgIpc) is 3.01. The molecule has 0 amide bonds. The number of rotatable bonds is 10. The standard InChI is InChI=1S/C37H46O4/c1-2-3-6-13-27-20-21-32-33(22-27)35(24-37(39)41-26-29-16-9-5-10-17-29)31-19-12-11-18-30(31)34(32)23-36(38)40-25-28-14-7-4-8-15-28/h11-12,18-24,28-29H,2-10,13-17,25-26H2,1H3. The predicted molar refractivity (Wildman–Crippen MR) is 168 cm³/mol. The number of esters is 2. The van der Waals surface area contributed by atoms with E-state index < -0.39 is 0 Å². The first-order valence-corrected chi connectivity index (χ1v) is 16.1. The highest BCUT2D eigenvalue weighted by Gasteiger charge is 2.17. The highest BCUT2D eigenvalue weighted by Crippen LogP contribution is 2.25. The summed E-state index contributed by atoms with van der Waals surface area (Å²) in [7, 11) is 0. The minimum Gasteiger partial charge on any atom is -0.462 e. The smallest absolute Gasteiger partial charge is 0.331 e. The highest BCUT2D eigenvalue weighted by atomic mass is 16.5. The Morgan fingerprint density at radius 3 is 1.73 bits per heavy atom. The Hall–Kier alpha value is -3.14. The van der Waals surface area contributed by atoms with Gasteiger partial charge >= 0.3 is 11.9 Å². The number of unbranched alkanes of at least 4 members (excludes halogenated alkanes) is 2. The fourth-order valence-electron chi connectivity index (χ4n) is 6.76. The zero-order chi connectivity index (χ0) is 28.4. The molecule has 0 heterocycles. The molecule has 0 aliphatic heterocycles. The first-order valence-electron chi connectivity index (χ1n) is 16.1. The van der Waals surface area contributed by atoms with Crippen LogP contribution in [0.5, 0.6) is 0 Å². The molecule has 2 saturated carbocycles. The van der Waals surface area contributed by atoms with Gasteiger partial charge in [-0.3, -0.25) is 0 Å². The van der Waals surface area contributed by atoms with Crippen molar-refractivity contribution in [3.63, 3.8) is 0 Å². The van der Waals surface area contributed by atoms with Crippen LogP contribution in [0.1, 0.15) is 96.0 Å². The Morgan fingerprint density at radius 2 is 1.20 bits per heavy atom. The molecular weight excluding hydrogens is 508 g/mol. The van der Waals surface area contributed by atoms with Gasteiger partial charge in [-0.15, -0.1) is 0 Å². The summed E-state index contributed by atoms with van der Waals surface area (Å²) in [5, 5.41) is 5.57. The van der Waals surface area contributed by atoms with Gasteiger partial charge in [-0.1, -0.05) is 101 Å². The molecule has 0 atom stereocenters. The summed E-state index contributed by atoms with van der Waals surface area (Å²) in [5.74, 6) is 0.355. The third kappa shape index (κ3) is 7.78. The van der Waals surface area contributed by atoms with E-state index in [-0.39, 0.29) is 11.9 Å². The second kappa shape index (κ2) is 14.7. The van der Waals surface area contributed by atoms with Crippen LogP contribution in [0.2, 0.25) is 0 Å². The normalized spacial score (nSPS) is 17.8. The molecule has 5 rings (SSSR count). The van der Waals surface area contributed by atoms with Gasteiger partial charge in [-0.25, -0.2) is 9.59 Å². The van der Waals surface area contributed by atoms with Gasteiger partial charge in [-0.2, -0.15) is 0 Å². The van der Waals surface area contributed by atoms with Gasteiger partial charge in [0.2, 0.25) is 0 Å². The second-order valence-electron chi connectivity index (χ2n) is 12.3. The summed E-state index contributed by atoms with van der Waals surface area (Å²) in [6.45, 7) is 3.20. The summed E-state index contributed by atoms with van der Waals surface area (Å²) < 4.78 is 11.6. The molecule has 0 unspecified atom stereocenters. The Morgan fingerprint density at radius 1 is 0.683 bits per heavy atom. The number of fused-ring (bicyclic) bond motifs is 2. The Balaban J connectivity index is 1.54. The van der Waals surface area contributed by atoms with E-state index in [0.29, 0.717) is 25.0 Å². The van der Waals surface area contributed by atoms with E-state index in [0.717, 1.165) is 70.5 Å². The van der Waals surface area contributed by atoms with Crippen molar-refractivity contribution in [2.75, 3.05) is 13.2 Å². The van der Waals surface area contributed by atoms with Crippen molar-refractivity contribution in [3.05, 3.63) is 58.5 Å². The van der Waals surface area contributed by atoms with Crippen LogP contribution in [0.3, 0.4) is 0 Å². The van der Waals surface area contributed by atoms with Crippen LogP contribution in [-0.2, 0) is 25.5 Å². The van der Waals surface area contributed by atoms with Crippen molar-refractivity contribution in [2.45, 2.75) is 96.8 Å². The number of aryl methyl sites for hydroxylation is 1. The van der Waals surface area contributed by atoms with Crippen LogP contribution in [0.4, 0.5) is 0 Å². The molecule has 0 bridgehead atoms. The number of hydrogen-bond donors (Lipinski definition) is 0. The second-order valence-corrected chi connectivity index (χ2v) is 12.3. The summed E-state index contributed by atoms with van der Waals surface area (Å²) in [5.41, 5.74) is 1.25. The zero-order valence-corrected chi connectivity index (χ0v) is 24.8. The van der Waals surface area contributed by atoms with Crippen LogP contribution < -0.4 is 10.4 Å². The minimum absolute atomic E-state index is 0.290. The summed E-state index contributed by atoms with van der Waals surface area (Å²) in [4.78, 5) is 26.3. The molecule has 218 valence electrons. The van der Waals surface area contributed by atoms with Gasteiger partial charge in [0.25, 0.3) is 0 Å². The number of ether oxygens (including phenoxy) is 2. The lowest BCUT2D eigenvalue weighted by Gasteiger charge is -2.20. The lowest BCUT2D eigenvalue weighted by molar-refractivity contribution is -0.138. The van der Waals surface area contributed by atoms with Gasteiger partial charge < -0.3 is 9.47 Å². The summed E-state index contributed by atoms with van der Waals surface area (Å²) in [6.07, 6.45) is 19.8. The molecule has 0 saturated heterocycles. The first kappa shape index (κ1) is 29.4. The van der Waals surface area contributed by atoms with E-state index in [9.17, 15) is 9.59 Å². The molecule has 2 aliphatic carbocycles. The van der Waals surface area contributed by atoms with E-state index in [1.807, 2.05) is 24.3 Å². The third-order valence-electron chi connectivity index (χ3n) is 9.14. The average molecular weight is 555 g/mol. The van der Waals surface area contributed by atoms with Crippen LogP contribution in [-0.4, -0.2) is 25.2 Å². The van der Waals surface area contributed by atoms with Crippen molar-refractivity contribution >= 4 is 45.6 Å². The Labute approximate surface area is 244 Å². The third-order valence-corrected chi connectivity index (χ3v) is 9.14. The molecular formula is C37H46O4. The maximum atomic E-state index is 13.2. The molecule has 0 aromatic heterocycles. The quantitative estimate of drug-likeness (QED) is 0.148. The van der Waals surface area contributed by atoms with Crippen molar-refractivity contribution in [1.82, 2.24) is 0 Å². The van der Waals surface area contributed by atoms with E-state index in [1.165, 1.54) is 56.9 Å². The fourth-order valence-corrected chi connectivity index (χ4v) is 6.76. The number of benzene rings is 3. The summed E-state index contributed by atoms with van der Waals surface area (Å²) >= 11 is 0. The molecule has 4 nitrogen and oxygen atoms in total. The van der Waals surface area contributed by atoms with Crippen molar-refractivity contribution in [1.29, 1.82) is 0 Å². The van der Waals surface area contributed by atoms with Gasteiger partial charge in [-0.05, 0) is 87.9 Å². The molecule has 3 aromatic carbocycles. The molecule has 4 heteroatoms. The van der Waals surface area contributed by atoms with E-state index in [2.05, 4.69) is 25.1 Å². The first-order chi connectivity index (χ1) is 20.1. The van der Waals surface area contributed by atoms with Gasteiger partial charge in [0.15, 0.2) is 0 Å². The fraction of sp³-hybridized carbons (Fsp3) is 0.514. The lowest BCUT2D eigenvalue weighted by Crippen LogP contribution is -2.21. The number of carbonyl (C=O) groups is 2. The molecule has 0 N–H and O–H groups in total. The van der Waals surface area contributed by atoms with Crippen molar-refractivity contribution in [2.24, 2.45) is 11.8 Å². The minimum atomic E-state index is -0.294. The Kier molecular flexibility index (Phi) is 10.5. The predicted octanol–water partition coefficient (Wildman–Crippen LogP) is 7.53. The maximum absolute atomic E-state index is 13.2. The highest BCUT2D eigenvalue weighted by molar-refractivity contribution is 6.11. The van der Waals surface area contributed by atoms with Crippen LogP contribution in [0, 0.1) is 11.8 Å². The molecule has 2 aliphatic rings. The maximum Gasteiger partial charge on any atom is 0.331 e. The zero-order valence-electron chi connectivity index (χ0n) is 24.8. The van der Waals surface area contributed by atoms with Gasteiger partial charge in [0.05, 0.1) is 13.2 Å². The monoisotopic (exact) mass is 554 g/mol. The van der Waals surface area contributed by atoms with Gasteiger partial charge in [0.1, 0.15) is 0 Å². The number of hydrogen-bond acceptors (Lipinski definition) is 4. The molecule has 41 heavy (non-hydrogen) atoms. The molecule has 3 aromatic rings. The molecule has 2 fully saturated rings. The van der Waals surface area contributed by atoms with E-state index in [1.54, 1.807) is 12.2 Å². The van der Waals surface area contributed by atoms with Crippen LogP contribution in [0.25, 0.3) is 33.7 Å². The van der Waals surface area contributed by atoms with Gasteiger partial charge in [0, 0.05) is 12.2 Å². The lowest BCUT2D eigenvalue weighted by atomic mass is 9.90. The van der Waals surface area contributed by atoms with Crippen molar-refractivity contribution in [3.8, 4) is 0 Å². The molecule has 0 radical (unpaired) electrons. The molecule has 0 spiro atoms. The van der Waals surface area contributed by atoms with E-state index in [4.69, 9.17) is 9.47 Å². The van der Waals surface area contributed by atoms with E-state index >= 15 is 0 Å². The van der Waals surface area contributed by atoms with Crippen LogP contribution >= 0.6 is 0 Å². The SMILES string of the molecule is CCCCCc1ccc2c(=CC(=O)OCC3CCCCC3)c3ccccc3c(=CC(=O)OCC3CCCCC3)c2c1. The topological polar surface area (TPSA) is 52.6 Å². The van der Waals surface area contributed by atoms with Crippen molar-refractivity contribution < 1.29 is 19.1 Å². The largest absolute Gasteiger partial charge is 0.462 e. The summed E-state index contributed by atoms with van der Waals surface area (Å²) in [6, 6.07) is 14.6. The Bertz CT molecular complexity index is 1460. The number of carbonyl (C=O) groups excluding carboxylic acids is 2. The van der Waals surface area contributed by atoms with Crippen LogP contribution in [0.15, 0.2) is 42.5 Å².